The molecular weight excluding hydrogens is 250 g/mol. The Labute approximate surface area is 98.4 Å². The molecule has 0 spiro atoms. The Morgan fingerprint density at radius 2 is 1.71 bits per heavy atom. The molecule has 1 rings (SSSR count). The van der Waals surface area contributed by atoms with Gasteiger partial charge in [0.15, 0.2) is 16.1 Å². The highest BCUT2D eigenvalue weighted by Gasteiger charge is 2.35. The first-order valence-corrected chi connectivity index (χ1v) is 6.64. The number of sulfone groups is 1. The van der Waals surface area contributed by atoms with E-state index in [1.807, 2.05) is 0 Å². The van der Waals surface area contributed by atoms with Crippen LogP contribution in [0.5, 0.6) is 0 Å². The van der Waals surface area contributed by atoms with Crippen molar-refractivity contribution in [3.63, 3.8) is 0 Å². The van der Waals surface area contributed by atoms with Gasteiger partial charge in [-0.1, -0.05) is 0 Å². The molecule has 0 saturated heterocycles. The van der Waals surface area contributed by atoms with Crippen molar-refractivity contribution in [1.29, 1.82) is 0 Å². The molecule has 0 atom stereocenters. The van der Waals surface area contributed by atoms with Crippen molar-refractivity contribution in [2.24, 2.45) is 0 Å². The van der Waals surface area contributed by atoms with Crippen molar-refractivity contribution in [3.05, 3.63) is 34.9 Å². The predicted molar refractivity (Wildman–Crippen MR) is 59.6 cm³/mol. The molecule has 0 aliphatic heterocycles. The van der Waals surface area contributed by atoms with Gasteiger partial charge < -0.3 is 0 Å². The van der Waals surface area contributed by atoms with Crippen LogP contribution < -0.4 is 0 Å². The average Bonchev–Trinajstić information content (AvgIpc) is 2.15. The summed E-state index contributed by atoms with van der Waals surface area (Å²) in [6.07, 6.45) is 1.17. The van der Waals surface area contributed by atoms with Crippen LogP contribution in [-0.4, -0.2) is 21.0 Å². The van der Waals surface area contributed by atoms with E-state index in [0.717, 1.165) is 12.3 Å². The normalized spacial score (nSPS) is 12.5. The molecule has 1 aromatic rings. The van der Waals surface area contributed by atoms with E-state index in [0.29, 0.717) is 6.07 Å². The number of aldehydes is 1. The average molecular weight is 262 g/mol. The van der Waals surface area contributed by atoms with Gasteiger partial charge in [-0.15, -0.1) is 0 Å². The molecule has 1 aromatic carbocycles. The Kier molecular flexibility index (Phi) is 3.38. The van der Waals surface area contributed by atoms with Gasteiger partial charge in [0.05, 0.1) is 10.3 Å². The molecule has 0 fully saturated rings. The molecule has 0 heterocycles. The quantitative estimate of drug-likeness (QED) is 0.783. The number of hydrogen-bond acceptors (Lipinski definition) is 3. The van der Waals surface area contributed by atoms with E-state index in [9.17, 15) is 22.0 Å². The van der Waals surface area contributed by atoms with Gasteiger partial charge in [0, 0.05) is 17.9 Å². The summed E-state index contributed by atoms with van der Waals surface area (Å²) in [5.41, 5.74) is -0.582. The molecule has 0 amide bonds. The summed E-state index contributed by atoms with van der Waals surface area (Å²) in [6, 6.07) is 1.45. The zero-order valence-electron chi connectivity index (χ0n) is 9.62. The SMILES string of the molecule is CC(C)(c1cc(C=O)c(F)cc1F)S(C)(=O)=O. The lowest BCUT2D eigenvalue weighted by atomic mass is 9.99. The lowest BCUT2D eigenvalue weighted by molar-refractivity contribution is 0.111. The van der Waals surface area contributed by atoms with Crippen molar-refractivity contribution < 1.29 is 22.0 Å². The fraction of sp³-hybridized carbons (Fsp3) is 0.364. The lowest BCUT2D eigenvalue weighted by Crippen LogP contribution is -2.29. The first-order valence-electron chi connectivity index (χ1n) is 4.75. The van der Waals surface area contributed by atoms with Crippen molar-refractivity contribution in [3.8, 4) is 0 Å². The predicted octanol–water partition coefficient (Wildman–Crippen LogP) is 2.06. The third-order valence-corrected chi connectivity index (χ3v) is 4.86. The van der Waals surface area contributed by atoms with Crippen LogP contribution in [0.4, 0.5) is 8.78 Å². The van der Waals surface area contributed by atoms with Gasteiger partial charge in [-0.25, -0.2) is 17.2 Å². The van der Waals surface area contributed by atoms with Gasteiger partial charge in [-0.2, -0.15) is 0 Å². The second kappa shape index (κ2) is 4.18. The van der Waals surface area contributed by atoms with E-state index in [1.54, 1.807) is 0 Å². The standard InChI is InChI=1S/C11H12F2O3S/c1-11(2,17(3,15)16)8-4-7(6-14)9(12)5-10(8)13/h4-6H,1-3H3. The molecule has 0 radical (unpaired) electrons. The summed E-state index contributed by atoms with van der Waals surface area (Å²) < 4.78 is 48.2. The third kappa shape index (κ3) is 2.36. The summed E-state index contributed by atoms with van der Waals surface area (Å²) in [5, 5.41) is 0. The van der Waals surface area contributed by atoms with Crippen molar-refractivity contribution >= 4 is 16.1 Å². The number of halogens is 2. The van der Waals surface area contributed by atoms with Crippen LogP contribution in [0.15, 0.2) is 12.1 Å². The van der Waals surface area contributed by atoms with Gasteiger partial charge in [-0.3, -0.25) is 4.79 Å². The summed E-state index contributed by atoms with van der Waals surface area (Å²) in [5.74, 6) is -1.99. The highest BCUT2D eigenvalue weighted by molar-refractivity contribution is 7.91. The maximum absolute atomic E-state index is 13.6. The zero-order chi connectivity index (χ0) is 13.4. The first kappa shape index (κ1) is 13.8. The van der Waals surface area contributed by atoms with Crippen LogP contribution in [0.3, 0.4) is 0 Å². The monoisotopic (exact) mass is 262 g/mol. The minimum Gasteiger partial charge on any atom is -0.298 e. The van der Waals surface area contributed by atoms with Gasteiger partial charge >= 0.3 is 0 Å². The first-order chi connectivity index (χ1) is 7.61. The van der Waals surface area contributed by atoms with Crippen LogP contribution in [0.2, 0.25) is 0 Å². The Bertz CT molecular complexity index is 562. The molecule has 0 saturated carbocycles. The Hall–Kier alpha value is -1.30. The van der Waals surface area contributed by atoms with Crippen molar-refractivity contribution in [2.45, 2.75) is 18.6 Å². The highest BCUT2D eigenvalue weighted by Crippen LogP contribution is 2.32. The largest absolute Gasteiger partial charge is 0.298 e. The number of rotatable bonds is 3. The minimum atomic E-state index is -3.59. The summed E-state index contributed by atoms with van der Waals surface area (Å²) in [4.78, 5) is 10.6. The van der Waals surface area contributed by atoms with Crippen molar-refractivity contribution in [2.75, 3.05) is 6.26 Å². The van der Waals surface area contributed by atoms with Crippen LogP contribution in [0, 0.1) is 11.6 Å². The Morgan fingerprint density at radius 3 is 2.12 bits per heavy atom. The smallest absolute Gasteiger partial charge is 0.156 e. The molecular formula is C11H12F2O3S. The number of hydrogen-bond donors (Lipinski definition) is 0. The molecule has 94 valence electrons. The maximum atomic E-state index is 13.6. The summed E-state index contributed by atoms with van der Waals surface area (Å²) in [6.45, 7) is 2.60. The molecule has 0 unspecified atom stereocenters. The minimum absolute atomic E-state index is 0.219. The molecule has 0 N–H and O–H groups in total. The highest BCUT2D eigenvalue weighted by atomic mass is 32.2. The molecule has 17 heavy (non-hydrogen) atoms. The summed E-state index contributed by atoms with van der Waals surface area (Å²) in [7, 11) is -3.59. The van der Waals surface area contributed by atoms with Gasteiger partial charge in [0.25, 0.3) is 0 Å². The maximum Gasteiger partial charge on any atom is 0.156 e. The zero-order valence-corrected chi connectivity index (χ0v) is 10.4. The fourth-order valence-corrected chi connectivity index (χ4v) is 1.87. The molecule has 6 heteroatoms. The lowest BCUT2D eigenvalue weighted by Gasteiger charge is -2.23. The second-order valence-electron chi connectivity index (χ2n) is 4.25. The van der Waals surface area contributed by atoms with Gasteiger partial charge in [0.1, 0.15) is 11.6 Å². The van der Waals surface area contributed by atoms with Gasteiger partial charge in [0.2, 0.25) is 0 Å². The van der Waals surface area contributed by atoms with E-state index in [-0.39, 0.29) is 17.4 Å². The molecule has 0 aliphatic carbocycles. The molecule has 0 aliphatic rings. The van der Waals surface area contributed by atoms with E-state index in [4.69, 9.17) is 0 Å². The summed E-state index contributed by atoms with van der Waals surface area (Å²) >= 11 is 0. The number of benzene rings is 1. The Balaban J connectivity index is 3.58. The fourth-order valence-electron chi connectivity index (χ4n) is 1.32. The Morgan fingerprint density at radius 1 is 1.18 bits per heavy atom. The van der Waals surface area contributed by atoms with Crippen LogP contribution in [0.1, 0.15) is 29.8 Å². The van der Waals surface area contributed by atoms with E-state index >= 15 is 0 Å². The third-order valence-electron chi connectivity index (χ3n) is 2.79. The molecule has 3 nitrogen and oxygen atoms in total. The van der Waals surface area contributed by atoms with Crippen LogP contribution >= 0.6 is 0 Å². The van der Waals surface area contributed by atoms with Gasteiger partial charge in [-0.05, 0) is 19.9 Å². The van der Waals surface area contributed by atoms with E-state index in [2.05, 4.69) is 0 Å². The number of carbonyl (C=O) groups excluding carboxylic acids is 1. The van der Waals surface area contributed by atoms with E-state index in [1.165, 1.54) is 13.8 Å². The molecule has 0 aromatic heterocycles. The number of carbonyl (C=O) groups is 1. The van der Waals surface area contributed by atoms with E-state index < -0.39 is 26.2 Å². The second-order valence-corrected chi connectivity index (χ2v) is 6.82. The van der Waals surface area contributed by atoms with Crippen LogP contribution in [-0.2, 0) is 14.6 Å². The van der Waals surface area contributed by atoms with Crippen molar-refractivity contribution in [1.82, 2.24) is 0 Å². The molecule has 0 bridgehead atoms. The topological polar surface area (TPSA) is 51.2 Å². The van der Waals surface area contributed by atoms with Crippen LogP contribution in [0.25, 0.3) is 0 Å².